The smallest absolute Gasteiger partial charge is 0.274 e. The fourth-order valence-electron chi connectivity index (χ4n) is 2.39. The summed E-state index contributed by atoms with van der Waals surface area (Å²) in [7, 11) is 1.76. The number of amides is 1. The number of aryl methyl sites for hydroxylation is 2. The first-order valence-corrected chi connectivity index (χ1v) is 7.46. The first kappa shape index (κ1) is 15.1. The highest BCUT2D eigenvalue weighted by molar-refractivity contribution is 5.93. The minimum absolute atomic E-state index is 0.150. The van der Waals surface area contributed by atoms with Crippen LogP contribution in [0.4, 0.5) is 0 Å². The van der Waals surface area contributed by atoms with Crippen molar-refractivity contribution in [2.24, 2.45) is 0 Å². The van der Waals surface area contributed by atoms with Crippen LogP contribution in [0.3, 0.4) is 0 Å². The summed E-state index contributed by atoms with van der Waals surface area (Å²) in [5.41, 5.74) is 3.01. The van der Waals surface area contributed by atoms with Crippen LogP contribution in [0.5, 0.6) is 0 Å². The number of carbonyl (C=O) groups excluding carboxylic acids is 1. The van der Waals surface area contributed by atoms with E-state index in [1.165, 1.54) is 0 Å². The minimum Gasteiger partial charge on any atom is -0.463 e. The lowest BCUT2D eigenvalue weighted by Crippen LogP contribution is -2.26. The van der Waals surface area contributed by atoms with E-state index in [0.717, 1.165) is 17.8 Å². The van der Waals surface area contributed by atoms with E-state index in [2.05, 4.69) is 15.3 Å². The number of carbonyl (C=O) groups is 1. The van der Waals surface area contributed by atoms with Crippen molar-refractivity contribution in [1.29, 1.82) is 0 Å². The normalized spacial score (nSPS) is 10.9. The number of hydrogen-bond donors (Lipinski definition) is 1. The number of aromatic amines is 1. The van der Waals surface area contributed by atoms with E-state index in [9.17, 15) is 4.79 Å². The summed E-state index contributed by atoms with van der Waals surface area (Å²) in [6.45, 7) is 5.28. The number of hydrogen-bond acceptors (Lipinski definition) is 4. The van der Waals surface area contributed by atoms with E-state index >= 15 is 0 Å². The van der Waals surface area contributed by atoms with Crippen LogP contribution in [-0.2, 0) is 13.1 Å². The minimum atomic E-state index is -0.150. The second kappa shape index (κ2) is 6.12. The lowest BCUT2D eigenvalue weighted by Gasteiger charge is -2.15. The summed E-state index contributed by atoms with van der Waals surface area (Å²) in [5.74, 6) is 0.502. The third-order valence-corrected chi connectivity index (χ3v) is 3.71. The van der Waals surface area contributed by atoms with E-state index in [1.807, 2.05) is 30.8 Å². The first-order valence-electron chi connectivity index (χ1n) is 7.46. The Labute approximate surface area is 133 Å². The Kier molecular flexibility index (Phi) is 4.01. The van der Waals surface area contributed by atoms with Gasteiger partial charge in [0, 0.05) is 38.0 Å². The molecule has 0 aliphatic heterocycles. The molecule has 3 aromatic rings. The van der Waals surface area contributed by atoms with Crippen LogP contribution in [0.25, 0.3) is 11.5 Å². The van der Waals surface area contributed by atoms with E-state index in [-0.39, 0.29) is 5.91 Å². The number of aromatic nitrogens is 4. The molecule has 0 aromatic carbocycles. The third kappa shape index (κ3) is 3.03. The highest BCUT2D eigenvalue weighted by Gasteiger charge is 2.18. The van der Waals surface area contributed by atoms with Crippen LogP contribution in [0.1, 0.15) is 28.7 Å². The quantitative estimate of drug-likeness (QED) is 0.784. The van der Waals surface area contributed by atoms with Crippen molar-refractivity contribution < 1.29 is 9.21 Å². The highest BCUT2D eigenvalue weighted by Crippen LogP contribution is 2.19. The van der Waals surface area contributed by atoms with E-state index < -0.39 is 0 Å². The molecule has 1 N–H and O–H groups in total. The van der Waals surface area contributed by atoms with Gasteiger partial charge >= 0.3 is 0 Å². The Bertz CT molecular complexity index is 800. The molecule has 0 radical (unpaired) electrons. The molecule has 0 aliphatic carbocycles. The molecule has 3 rings (SSSR count). The Morgan fingerprint density at radius 1 is 1.48 bits per heavy atom. The van der Waals surface area contributed by atoms with Crippen LogP contribution >= 0.6 is 0 Å². The topological polar surface area (TPSA) is 80.0 Å². The van der Waals surface area contributed by atoms with Gasteiger partial charge in [0.05, 0.1) is 12.0 Å². The molecule has 0 unspecified atom stereocenters. The van der Waals surface area contributed by atoms with Gasteiger partial charge in [-0.05, 0) is 26.0 Å². The molecular weight excluding hydrogens is 294 g/mol. The van der Waals surface area contributed by atoms with Crippen LogP contribution in [0.2, 0.25) is 0 Å². The molecule has 0 atom stereocenters. The standard InChI is InChI=1S/C16H19N5O2/c1-4-21-10-12(11(2)19-21)9-20(3)16(22)14-8-13(17-18-14)15-6-5-7-23-15/h5-8,10H,4,9H2,1-3H3,(H,17,18). The Balaban J connectivity index is 1.73. The van der Waals surface area contributed by atoms with Gasteiger partial charge < -0.3 is 9.32 Å². The van der Waals surface area contributed by atoms with Crippen molar-refractivity contribution in [1.82, 2.24) is 24.9 Å². The summed E-state index contributed by atoms with van der Waals surface area (Å²) in [6, 6.07) is 5.30. The fraction of sp³-hybridized carbons (Fsp3) is 0.312. The van der Waals surface area contributed by atoms with Gasteiger partial charge in [-0.2, -0.15) is 10.2 Å². The number of rotatable bonds is 5. The largest absolute Gasteiger partial charge is 0.463 e. The van der Waals surface area contributed by atoms with Gasteiger partial charge in [0.25, 0.3) is 5.91 Å². The third-order valence-electron chi connectivity index (χ3n) is 3.71. The Morgan fingerprint density at radius 2 is 2.30 bits per heavy atom. The zero-order valence-corrected chi connectivity index (χ0v) is 13.4. The highest BCUT2D eigenvalue weighted by atomic mass is 16.3. The lowest BCUT2D eigenvalue weighted by atomic mass is 10.2. The summed E-state index contributed by atoms with van der Waals surface area (Å²) in [4.78, 5) is 14.1. The molecule has 23 heavy (non-hydrogen) atoms. The van der Waals surface area contributed by atoms with Crippen LogP contribution in [-0.4, -0.2) is 37.8 Å². The van der Waals surface area contributed by atoms with Gasteiger partial charge in [-0.15, -0.1) is 0 Å². The average molecular weight is 313 g/mol. The Morgan fingerprint density at radius 3 is 2.96 bits per heavy atom. The zero-order chi connectivity index (χ0) is 16.4. The van der Waals surface area contributed by atoms with Crippen molar-refractivity contribution >= 4 is 5.91 Å². The van der Waals surface area contributed by atoms with Gasteiger partial charge in [-0.1, -0.05) is 0 Å². The number of nitrogens with zero attached hydrogens (tertiary/aromatic N) is 4. The molecule has 0 spiro atoms. The maximum absolute atomic E-state index is 12.5. The Hall–Kier alpha value is -2.83. The molecule has 0 saturated carbocycles. The average Bonchev–Trinajstić information content (AvgIpc) is 3.27. The summed E-state index contributed by atoms with van der Waals surface area (Å²) >= 11 is 0. The molecule has 0 fully saturated rings. The van der Waals surface area contributed by atoms with Crippen LogP contribution in [0, 0.1) is 6.92 Å². The predicted molar refractivity (Wildman–Crippen MR) is 84.7 cm³/mol. The van der Waals surface area contributed by atoms with Crippen molar-refractivity contribution in [3.8, 4) is 11.5 Å². The second-order valence-corrected chi connectivity index (χ2v) is 5.40. The summed E-state index contributed by atoms with van der Waals surface area (Å²) < 4.78 is 7.16. The summed E-state index contributed by atoms with van der Waals surface area (Å²) in [5, 5.41) is 11.3. The molecule has 3 aromatic heterocycles. The van der Waals surface area contributed by atoms with Gasteiger partial charge in [0.2, 0.25) is 0 Å². The maximum atomic E-state index is 12.5. The molecule has 0 bridgehead atoms. The first-order chi connectivity index (χ1) is 11.1. The lowest BCUT2D eigenvalue weighted by molar-refractivity contribution is 0.0779. The molecule has 3 heterocycles. The van der Waals surface area contributed by atoms with E-state index in [1.54, 1.807) is 30.3 Å². The van der Waals surface area contributed by atoms with Gasteiger partial charge in [-0.25, -0.2) is 0 Å². The zero-order valence-electron chi connectivity index (χ0n) is 13.4. The molecular formula is C16H19N5O2. The second-order valence-electron chi connectivity index (χ2n) is 5.40. The molecule has 7 nitrogen and oxygen atoms in total. The SMILES string of the molecule is CCn1cc(CN(C)C(=O)c2cc(-c3ccco3)[nH]n2)c(C)n1. The summed E-state index contributed by atoms with van der Waals surface area (Å²) in [6.07, 6.45) is 3.55. The van der Waals surface area contributed by atoms with Gasteiger partial charge in [-0.3, -0.25) is 14.6 Å². The van der Waals surface area contributed by atoms with Crippen molar-refractivity contribution in [2.45, 2.75) is 26.9 Å². The maximum Gasteiger partial charge on any atom is 0.274 e. The molecule has 7 heteroatoms. The molecule has 120 valence electrons. The van der Waals surface area contributed by atoms with Crippen LogP contribution in [0.15, 0.2) is 35.1 Å². The van der Waals surface area contributed by atoms with Gasteiger partial charge in [0.1, 0.15) is 5.69 Å². The number of furan rings is 1. The van der Waals surface area contributed by atoms with Crippen molar-refractivity contribution in [3.63, 3.8) is 0 Å². The van der Waals surface area contributed by atoms with E-state index in [0.29, 0.717) is 23.7 Å². The van der Waals surface area contributed by atoms with Gasteiger partial charge in [0.15, 0.2) is 11.5 Å². The van der Waals surface area contributed by atoms with Crippen molar-refractivity contribution in [2.75, 3.05) is 7.05 Å². The number of H-pyrrole nitrogens is 1. The fourth-order valence-corrected chi connectivity index (χ4v) is 2.39. The predicted octanol–water partition coefficient (Wildman–Crippen LogP) is 2.47. The van der Waals surface area contributed by atoms with Crippen molar-refractivity contribution in [3.05, 3.63) is 47.6 Å². The van der Waals surface area contributed by atoms with E-state index in [4.69, 9.17) is 4.42 Å². The molecule has 1 amide bonds. The molecule has 0 saturated heterocycles. The number of nitrogens with one attached hydrogen (secondary N) is 1. The monoisotopic (exact) mass is 313 g/mol. The van der Waals surface area contributed by atoms with Crippen LogP contribution < -0.4 is 0 Å². The molecule has 0 aliphatic rings.